The van der Waals surface area contributed by atoms with E-state index in [1.54, 1.807) is 12.1 Å². The molecule has 1 heterocycles. The maximum Gasteiger partial charge on any atom is 0.335 e. The minimum Gasteiger partial charge on any atom is -0.478 e. The van der Waals surface area contributed by atoms with E-state index in [1.807, 2.05) is 6.92 Å². The number of nitrogens with zero attached hydrogens (tertiary/aromatic N) is 1. The summed E-state index contributed by atoms with van der Waals surface area (Å²) < 4.78 is 2.14. The molecule has 4 N–H and O–H groups in total. The van der Waals surface area contributed by atoms with E-state index in [-0.39, 0.29) is 6.61 Å². The number of aromatic carboxylic acids is 1. The fourth-order valence-corrected chi connectivity index (χ4v) is 2.90. The van der Waals surface area contributed by atoms with Gasteiger partial charge in [0.2, 0.25) is 0 Å². The van der Waals surface area contributed by atoms with Crippen LogP contribution < -0.4 is 5.73 Å². The number of aliphatic hydroxyl groups excluding tert-OH is 1. The van der Waals surface area contributed by atoms with Crippen LogP contribution in [0.25, 0.3) is 10.9 Å². The largest absolute Gasteiger partial charge is 0.478 e. The molecule has 0 bridgehead atoms. The molecule has 0 saturated heterocycles. The number of nitrogens with two attached hydrogens (primary N) is 1. The van der Waals surface area contributed by atoms with Crippen molar-refractivity contribution in [1.29, 1.82) is 0 Å². The third-order valence-corrected chi connectivity index (χ3v) is 3.97. The zero-order valence-corrected chi connectivity index (χ0v) is 13.0. The van der Waals surface area contributed by atoms with Gasteiger partial charge in [-0.25, -0.2) is 4.79 Å². The monoisotopic (exact) mass is 304 g/mol. The van der Waals surface area contributed by atoms with Crippen LogP contribution in [0.5, 0.6) is 0 Å². The van der Waals surface area contributed by atoms with Crippen LogP contribution in [0.1, 0.15) is 41.3 Å². The summed E-state index contributed by atoms with van der Waals surface area (Å²) in [5.74, 6) is -0.899. The maximum atomic E-state index is 11.4. The van der Waals surface area contributed by atoms with Crippen molar-refractivity contribution in [2.24, 2.45) is 5.73 Å². The second-order valence-corrected chi connectivity index (χ2v) is 5.51. The van der Waals surface area contributed by atoms with Gasteiger partial charge in [-0.2, -0.15) is 0 Å². The van der Waals surface area contributed by atoms with E-state index in [2.05, 4.69) is 10.8 Å². The number of aryl methyl sites for hydroxylation is 3. The molecule has 0 atom stereocenters. The number of aromatic nitrogens is 1. The van der Waals surface area contributed by atoms with Gasteiger partial charge in [0.05, 0.1) is 11.1 Å². The fourth-order valence-electron chi connectivity index (χ4n) is 2.90. The maximum absolute atomic E-state index is 11.4. The Morgan fingerprint density at radius 1 is 1.27 bits per heavy atom. The van der Waals surface area contributed by atoms with E-state index in [9.17, 15) is 9.90 Å². The molecular weight excluding hydrogens is 280 g/mol. The molecule has 0 aliphatic rings. The van der Waals surface area contributed by atoms with E-state index in [1.165, 1.54) is 0 Å². The lowest BCUT2D eigenvalue weighted by molar-refractivity contribution is 0.0697. The molecule has 0 amide bonds. The summed E-state index contributed by atoms with van der Waals surface area (Å²) >= 11 is 0. The van der Waals surface area contributed by atoms with Gasteiger partial charge in [-0.1, -0.05) is 6.92 Å². The van der Waals surface area contributed by atoms with Crippen LogP contribution in [0, 0.1) is 0 Å². The van der Waals surface area contributed by atoms with Crippen molar-refractivity contribution in [2.75, 3.05) is 13.2 Å². The summed E-state index contributed by atoms with van der Waals surface area (Å²) in [5, 5.41) is 19.4. The number of carboxylic acid groups (broad SMARTS) is 1. The van der Waals surface area contributed by atoms with Gasteiger partial charge >= 0.3 is 5.97 Å². The highest BCUT2D eigenvalue weighted by Gasteiger charge is 2.15. The minimum absolute atomic E-state index is 0.145. The second-order valence-electron chi connectivity index (χ2n) is 5.51. The Hall–Kier alpha value is -1.85. The molecule has 0 unspecified atom stereocenters. The summed E-state index contributed by atoms with van der Waals surface area (Å²) in [5.41, 5.74) is 9.20. The Balaban J connectivity index is 2.61. The van der Waals surface area contributed by atoms with Gasteiger partial charge in [-0.05, 0) is 55.5 Å². The molecule has 22 heavy (non-hydrogen) atoms. The first-order valence-corrected chi connectivity index (χ1v) is 7.81. The van der Waals surface area contributed by atoms with Gasteiger partial charge in [-0.3, -0.25) is 0 Å². The highest BCUT2D eigenvalue weighted by molar-refractivity contribution is 5.96. The Morgan fingerprint density at radius 2 is 2.05 bits per heavy atom. The summed E-state index contributed by atoms with van der Waals surface area (Å²) in [6.45, 7) is 3.52. The SMILES string of the molecule is CCc1cc(C(=O)O)cc2c(CCCN)cn(CCCO)c12. The van der Waals surface area contributed by atoms with E-state index in [4.69, 9.17) is 10.8 Å². The Labute approximate surface area is 130 Å². The number of hydrogen-bond acceptors (Lipinski definition) is 3. The highest BCUT2D eigenvalue weighted by Crippen LogP contribution is 2.28. The summed E-state index contributed by atoms with van der Waals surface area (Å²) in [6.07, 6.45) is 5.25. The number of benzene rings is 1. The normalized spacial score (nSPS) is 11.2. The van der Waals surface area contributed by atoms with Crippen molar-refractivity contribution in [1.82, 2.24) is 4.57 Å². The summed E-state index contributed by atoms with van der Waals surface area (Å²) in [7, 11) is 0. The molecule has 120 valence electrons. The zero-order chi connectivity index (χ0) is 16.1. The molecule has 0 spiro atoms. The zero-order valence-electron chi connectivity index (χ0n) is 13.0. The van der Waals surface area contributed by atoms with E-state index in [0.717, 1.165) is 47.8 Å². The molecule has 2 rings (SSSR count). The van der Waals surface area contributed by atoms with Crippen LogP contribution in [0.4, 0.5) is 0 Å². The molecule has 2 aromatic rings. The predicted molar refractivity (Wildman–Crippen MR) is 87.4 cm³/mol. The van der Waals surface area contributed by atoms with Gasteiger partial charge in [0.15, 0.2) is 0 Å². The highest BCUT2D eigenvalue weighted by atomic mass is 16.4. The number of carboxylic acids is 1. The van der Waals surface area contributed by atoms with Crippen molar-refractivity contribution < 1.29 is 15.0 Å². The second kappa shape index (κ2) is 7.42. The van der Waals surface area contributed by atoms with Crippen LogP contribution in [-0.2, 0) is 19.4 Å². The number of fused-ring (bicyclic) bond motifs is 1. The number of carbonyl (C=O) groups is 1. The Bertz CT molecular complexity index is 661. The van der Waals surface area contributed by atoms with Gasteiger partial charge in [0.25, 0.3) is 0 Å². The quantitative estimate of drug-likeness (QED) is 0.697. The number of hydrogen-bond donors (Lipinski definition) is 3. The van der Waals surface area contributed by atoms with Crippen molar-refractivity contribution in [3.05, 3.63) is 35.0 Å². The minimum atomic E-state index is -0.899. The molecule has 0 saturated carbocycles. The summed E-state index contributed by atoms with van der Waals surface area (Å²) in [4.78, 5) is 11.4. The van der Waals surface area contributed by atoms with Crippen LogP contribution >= 0.6 is 0 Å². The Kier molecular flexibility index (Phi) is 5.57. The smallest absolute Gasteiger partial charge is 0.335 e. The lowest BCUT2D eigenvalue weighted by atomic mass is 10.0. The lowest BCUT2D eigenvalue weighted by Crippen LogP contribution is -2.02. The lowest BCUT2D eigenvalue weighted by Gasteiger charge is -2.09. The fraction of sp³-hybridized carbons (Fsp3) is 0.471. The molecular formula is C17H24N2O3. The molecule has 0 aliphatic heterocycles. The van der Waals surface area contributed by atoms with E-state index in [0.29, 0.717) is 18.5 Å². The standard InChI is InChI=1S/C17H24N2O3/c1-2-12-9-14(17(21)22)10-15-13(5-3-6-18)11-19(16(12)15)7-4-8-20/h9-11,20H,2-8,18H2,1H3,(H,21,22). The first-order valence-electron chi connectivity index (χ1n) is 7.81. The van der Waals surface area contributed by atoms with Crippen molar-refractivity contribution in [3.63, 3.8) is 0 Å². The average Bonchev–Trinajstić information content (AvgIpc) is 2.87. The Morgan fingerprint density at radius 3 is 2.64 bits per heavy atom. The number of aliphatic hydroxyl groups is 1. The molecule has 0 fully saturated rings. The van der Waals surface area contributed by atoms with Crippen molar-refractivity contribution in [3.8, 4) is 0 Å². The van der Waals surface area contributed by atoms with Crippen molar-refractivity contribution >= 4 is 16.9 Å². The third-order valence-electron chi connectivity index (χ3n) is 3.97. The predicted octanol–water partition coefficient (Wildman–Crippen LogP) is 2.18. The first kappa shape index (κ1) is 16.5. The van der Waals surface area contributed by atoms with Gasteiger partial charge in [0.1, 0.15) is 0 Å². The van der Waals surface area contributed by atoms with Crippen LogP contribution in [0.15, 0.2) is 18.3 Å². The molecule has 0 aliphatic carbocycles. The molecule has 5 nitrogen and oxygen atoms in total. The van der Waals surface area contributed by atoms with Gasteiger partial charge < -0.3 is 20.5 Å². The van der Waals surface area contributed by atoms with E-state index >= 15 is 0 Å². The molecule has 5 heteroatoms. The van der Waals surface area contributed by atoms with Crippen LogP contribution in [-0.4, -0.2) is 33.9 Å². The van der Waals surface area contributed by atoms with Gasteiger partial charge in [-0.15, -0.1) is 0 Å². The third kappa shape index (κ3) is 3.31. The van der Waals surface area contributed by atoms with Crippen molar-refractivity contribution in [2.45, 2.75) is 39.2 Å². The summed E-state index contributed by atoms with van der Waals surface area (Å²) in [6, 6.07) is 3.52. The molecule has 1 aromatic carbocycles. The van der Waals surface area contributed by atoms with E-state index < -0.39 is 5.97 Å². The average molecular weight is 304 g/mol. The molecule has 0 radical (unpaired) electrons. The number of rotatable bonds is 8. The van der Waals surface area contributed by atoms with Gasteiger partial charge in [0, 0.05) is 24.7 Å². The van der Waals surface area contributed by atoms with Crippen LogP contribution in [0.2, 0.25) is 0 Å². The molecule has 1 aromatic heterocycles. The first-order chi connectivity index (χ1) is 10.6. The topological polar surface area (TPSA) is 88.5 Å². The van der Waals surface area contributed by atoms with Crippen LogP contribution in [0.3, 0.4) is 0 Å².